The van der Waals surface area contributed by atoms with Crippen LogP contribution in [-0.2, 0) is 21.0 Å². The number of ether oxygens (including phenoxy) is 2. The first-order chi connectivity index (χ1) is 18.6. The first-order valence-corrected chi connectivity index (χ1v) is 15.5. The molecule has 0 saturated carbocycles. The monoisotopic (exact) mass is 613 g/mol. The van der Waals surface area contributed by atoms with Gasteiger partial charge in [-0.3, -0.25) is 0 Å². The Morgan fingerprint density at radius 2 is 1.00 bits per heavy atom. The van der Waals surface area contributed by atoms with Crippen LogP contribution < -0.4 is 14.4 Å². The molecule has 41 heavy (non-hydrogen) atoms. The van der Waals surface area contributed by atoms with Crippen LogP contribution in [0.4, 0.5) is 18.9 Å². The summed E-state index contributed by atoms with van der Waals surface area (Å²) in [6.45, 7) is 12.4. The predicted molar refractivity (Wildman–Crippen MR) is 157 cm³/mol. The van der Waals surface area contributed by atoms with Gasteiger partial charge in [-0.1, -0.05) is 0 Å². The van der Waals surface area contributed by atoms with Crippen molar-refractivity contribution < 1.29 is 35.6 Å². The minimum Gasteiger partial charge on any atom is -0.748 e. The van der Waals surface area contributed by atoms with E-state index in [4.69, 9.17) is 9.47 Å². The zero-order valence-corrected chi connectivity index (χ0v) is 26.2. The van der Waals surface area contributed by atoms with Crippen LogP contribution in [0.15, 0.2) is 87.5 Å². The van der Waals surface area contributed by atoms with Gasteiger partial charge in [0.05, 0.1) is 10.9 Å². The summed E-state index contributed by atoms with van der Waals surface area (Å²) < 4.78 is 73.1. The maximum Gasteiger partial charge on any atom is 0.401 e. The molecule has 0 aromatic heterocycles. The highest BCUT2D eigenvalue weighted by Gasteiger charge is 2.31. The van der Waals surface area contributed by atoms with Crippen molar-refractivity contribution in [1.29, 1.82) is 0 Å². The third kappa shape index (κ3) is 13.1. The van der Waals surface area contributed by atoms with E-state index in [2.05, 4.69) is 133 Å². The van der Waals surface area contributed by atoms with E-state index < -0.39 is 22.0 Å². The molecule has 11 heteroatoms. The van der Waals surface area contributed by atoms with E-state index in [-0.39, 0.29) is 22.1 Å². The fraction of sp³-hybridized carbons (Fsp3) is 0.400. The fourth-order valence-electron chi connectivity index (χ4n) is 3.48. The summed E-state index contributed by atoms with van der Waals surface area (Å²) in [5.41, 5.74) is 0.766. The Kier molecular flexibility index (Phi) is 11.2. The molecule has 0 spiro atoms. The fourth-order valence-corrected chi connectivity index (χ4v) is 5.93. The van der Waals surface area contributed by atoms with E-state index in [1.165, 1.54) is 20.4 Å². The number of anilines is 1. The van der Waals surface area contributed by atoms with Crippen molar-refractivity contribution in [2.75, 3.05) is 24.7 Å². The molecule has 0 aliphatic rings. The Hall–Kier alpha value is -2.89. The maximum absolute atomic E-state index is 11.0. The van der Waals surface area contributed by atoms with Crippen molar-refractivity contribution in [3.05, 3.63) is 72.8 Å². The largest absolute Gasteiger partial charge is 0.748 e. The Labute approximate surface area is 244 Å². The van der Waals surface area contributed by atoms with Gasteiger partial charge in [-0.25, -0.2) is 8.42 Å². The van der Waals surface area contributed by atoms with Gasteiger partial charge in [0.25, 0.3) is 0 Å². The van der Waals surface area contributed by atoms with Gasteiger partial charge in [-0.15, -0.1) is 0 Å². The number of benzene rings is 3. The van der Waals surface area contributed by atoms with Crippen LogP contribution in [0.2, 0.25) is 0 Å². The first-order valence-electron chi connectivity index (χ1n) is 12.7. The van der Waals surface area contributed by atoms with Crippen molar-refractivity contribution in [2.24, 2.45) is 0 Å². The van der Waals surface area contributed by atoms with Gasteiger partial charge in [0.15, 0.2) is 14.7 Å². The average Bonchev–Trinajstić information content (AvgIpc) is 2.78. The zero-order chi connectivity index (χ0) is 31.2. The molecule has 0 bridgehead atoms. The molecule has 3 aromatic carbocycles. The van der Waals surface area contributed by atoms with E-state index in [1.54, 1.807) is 0 Å². The highest BCUT2D eigenvalue weighted by molar-refractivity contribution is 7.97. The van der Waals surface area contributed by atoms with Crippen molar-refractivity contribution >= 4 is 26.7 Å². The lowest BCUT2D eigenvalue weighted by atomic mass is 10.2. The van der Waals surface area contributed by atoms with Crippen LogP contribution in [0.1, 0.15) is 41.5 Å². The number of alkyl halides is 3. The van der Waals surface area contributed by atoms with Crippen LogP contribution in [0, 0.1) is 0 Å². The summed E-state index contributed by atoms with van der Waals surface area (Å²) in [5, 5.41) is 0. The molecule has 0 aliphatic heterocycles. The van der Waals surface area contributed by atoms with Crippen molar-refractivity contribution in [1.82, 2.24) is 0 Å². The molecule has 0 unspecified atom stereocenters. The van der Waals surface area contributed by atoms with Gasteiger partial charge in [-0.05, 0) is 114 Å². The minimum absolute atomic E-state index is 0.214. The van der Waals surface area contributed by atoms with E-state index in [0.717, 1.165) is 11.5 Å². The SMILES string of the molecule is CN(C)c1ccc([S+](c2ccc(OC(C)(C)C)cc2)c2ccc(OC(C)(C)C)cc2)cc1.O=S(=O)([O-])CC(F)(F)F. The van der Waals surface area contributed by atoms with Crippen LogP contribution in [0.5, 0.6) is 11.5 Å². The molecule has 0 saturated heterocycles. The molecular formula is C30H38F3NO5S2. The minimum atomic E-state index is -5.16. The number of halogens is 3. The van der Waals surface area contributed by atoms with Crippen LogP contribution in [-0.4, -0.2) is 50.2 Å². The summed E-state index contributed by atoms with van der Waals surface area (Å²) in [5.74, 6) is -0.511. The van der Waals surface area contributed by atoms with Crippen molar-refractivity contribution in [3.8, 4) is 11.5 Å². The molecule has 0 fully saturated rings. The molecular weight excluding hydrogens is 575 g/mol. The molecule has 0 amide bonds. The Morgan fingerprint density at radius 3 is 1.22 bits per heavy atom. The highest BCUT2D eigenvalue weighted by atomic mass is 32.2. The van der Waals surface area contributed by atoms with Gasteiger partial charge in [0.1, 0.15) is 38.6 Å². The smallest absolute Gasteiger partial charge is 0.401 e. The van der Waals surface area contributed by atoms with Gasteiger partial charge in [-0.2, -0.15) is 13.2 Å². The maximum atomic E-state index is 11.0. The van der Waals surface area contributed by atoms with Gasteiger partial charge in [0, 0.05) is 19.8 Å². The summed E-state index contributed by atoms with van der Waals surface area (Å²) in [7, 11) is -1.25. The Balaban J connectivity index is 0.000000564. The molecule has 0 atom stereocenters. The second-order valence-corrected chi connectivity index (χ2v) is 14.8. The molecule has 0 N–H and O–H groups in total. The summed E-state index contributed by atoms with van der Waals surface area (Å²) >= 11 is 0. The third-order valence-electron chi connectivity index (χ3n) is 4.90. The zero-order valence-electron chi connectivity index (χ0n) is 24.6. The van der Waals surface area contributed by atoms with Crippen molar-refractivity contribution in [2.45, 2.75) is 73.6 Å². The number of hydrogen-bond donors (Lipinski definition) is 0. The topological polar surface area (TPSA) is 78.9 Å². The lowest BCUT2D eigenvalue weighted by Gasteiger charge is -2.21. The lowest BCUT2D eigenvalue weighted by Crippen LogP contribution is -2.23. The van der Waals surface area contributed by atoms with E-state index in [9.17, 15) is 26.1 Å². The quantitative estimate of drug-likeness (QED) is 0.206. The molecule has 3 rings (SSSR count). The van der Waals surface area contributed by atoms with Gasteiger partial charge < -0.3 is 18.9 Å². The third-order valence-corrected chi connectivity index (χ3v) is 7.81. The number of rotatable bonds is 7. The number of nitrogens with zero attached hydrogens (tertiary/aromatic N) is 1. The summed E-state index contributed by atoms with van der Waals surface area (Å²) in [4.78, 5) is 5.92. The molecule has 0 radical (unpaired) electrons. The average molecular weight is 614 g/mol. The Bertz CT molecular complexity index is 1280. The van der Waals surface area contributed by atoms with Crippen LogP contribution in [0.3, 0.4) is 0 Å². The summed E-state index contributed by atoms with van der Waals surface area (Å²) in [6.07, 6.45) is -4.92. The van der Waals surface area contributed by atoms with E-state index >= 15 is 0 Å². The molecule has 226 valence electrons. The highest BCUT2D eigenvalue weighted by Crippen LogP contribution is 2.34. The molecule has 6 nitrogen and oxygen atoms in total. The second-order valence-electron chi connectivity index (χ2n) is 11.4. The normalized spacial score (nSPS) is 12.4. The molecule has 3 aromatic rings. The standard InChI is InChI=1S/C28H36NO2S.C2H3F3O3S/c1-27(2,3)30-22-11-17-25(18-12-22)32(24-15-9-21(10-16-24)29(7)8)26-19-13-23(14-20-26)31-28(4,5)6;3-2(4,5)1-9(6,7)8/h9-20H,1-8H3;1H2,(H,6,7,8)/q+1;/p-1. The Morgan fingerprint density at radius 1 is 0.683 bits per heavy atom. The van der Waals surface area contributed by atoms with E-state index in [1.807, 2.05) is 0 Å². The summed E-state index contributed by atoms with van der Waals surface area (Å²) in [6, 6.07) is 25.9. The van der Waals surface area contributed by atoms with Gasteiger partial charge in [0.2, 0.25) is 0 Å². The van der Waals surface area contributed by atoms with Crippen LogP contribution >= 0.6 is 0 Å². The number of hydrogen-bond acceptors (Lipinski definition) is 6. The first kappa shape index (κ1) is 34.3. The van der Waals surface area contributed by atoms with E-state index in [0.29, 0.717) is 0 Å². The van der Waals surface area contributed by atoms with Crippen LogP contribution in [0.25, 0.3) is 0 Å². The van der Waals surface area contributed by atoms with Crippen molar-refractivity contribution in [3.63, 3.8) is 0 Å². The van der Waals surface area contributed by atoms with Gasteiger partial charge >= 0.3 is 6.18 Å². The predicted octanol–water partition coefficient (Wildman–Crippen LogP) is 7.30. The lowest BCUT2D eigenvalue weighted by molar-refractivity contribution is -0.107. The second kappa shape index (κ2) is 13.4. The molecule has 0 heterocycles. The molecule has 0 aliphatic carbocycles.